The molecule has 0 spiro atoms. The van der Waals surface area contributed by atoms with E-state index >= 15 is 0 Å². The highest BCUT2D eigenvalue weighted by atomic mass is 19.1. The summed E-state index contributed by atoms with van der Waals surface area (Å²) < 4.78 is 17.4. The number of imidazole rings is 1. The highest BCUT2D eigenvalue weighted by Gasteiger charge is 2.33. The number of carbonyl (C=O) groups excluding carboxylic acids is 2. The van der Waals surface area contributed by atoms with E-state index in [9.17, 15) is 18.8 Å². The van der Waals surface area contributed by atoms with E-state index in [0.29, 0.717) is 11.1 Å². The Hall–Kier alpha value is -2.44. The number of amides is 2. The number of rotatable bonds is 2. The third-order valence-corrected chi connectivity index (χ3v) is 4.75. The van der Waals surface area contributed by atoms with E-state index in [-0.39, 0.29) is 36.0 Å². The lowest BCUT2D eigenvalue weighted by Gasteiger charge is -2.21. The van der Waals surface area contributed by atoms with Crippen molar-refractivity contribution < 1.29 is 14.0 Å². The van der Waals surface area contributed by atoms with Gasteiger partial charge in [-0.3, -0.25) is 24.0 Å². The third-order valence-electron chi connectivity index (χ3n) is 4.75. The molecule has 2 aromatic rings. The lowest BCUT2D eigenvalue weighted by atomic mass is 10.0. The molecule has 6 nitrogen and oxygen atoms in total. The maximum Gasteiger partial charge on any atom is 0.329 e. The minimum absolute atomic E-state index is 0.169. The molecule has 1 aliphatic carbocycles. The smallest absolute Gasteiger partial charge is 0.295 e. The molecule has 2 amide bonds. The number of fused-ring (bicyclic) bond motifs is 1. The van der Waals surface area contributed by atoms with E-state index in [2.05, 4.69) is 5.32 Å². The van der Waals surface area contributed by atoms with Gasteiger partial charge in [-0.05, 0) is 36.8 Å². The summed E-state index contributed by atoms with van der Waals surface area (Å²) >= 11 is 0. The van der Waals surface area contributed by atoms with Gasteiger partial charge < -0.3 is 0 Å². The minimum atomic E-state index is -0.782. The van der Waals surface area contributed by atoms with Gasteiger partial charge in [0.05, 0.1) is 5.52 Å². The summed E-state index contributed by atoms with van der Waals surface area (Å²) in [5, 5.41) is 2.24. The molecule has 120 valence electrons. The fourth-order valence-corrected chi connectivity index (χ4v) is 3.38. The van der Waals surface area contributed by atoms with E-state index in [0.717, 1.165) is 12.8 Å². The Morgan fingerprint density at radius 1 is 1.17 bits per heavy atom. The molecular weight excluding hydrogens is 301 g/mol. The molecule has 1 aromatic heterocycles. The van der Waals surface area contributed by atoms with Crippen LogP contribution in [0.25, 0.3) is 11.0 Å². The van der Waals surface area contributed by atoms with Crippen molar-refractivity contribution in [2.45, 2.75) is 37.6 Å². The number of nitrogens with one attached hydrogen (secondary N) is 1. The number of carbonyl (C=O) groups is 2. The van der Waals surface area contributed by atoms with E-state index in [4.69, 9.17) is 0 Å². The van der Waals surface area contributed by atoms with Gasteiger partial charge in [0.25, 0.3) is 0 Å². The summed E-state index contributed by atoms with van der Waals surface area (Å²) in [6.07, 6.45) is 2.34. The molecule has 0 radical (unpaired) electrons. The van der Waals surface area contributed by atoms with Crippen molar-refractivity contribution in [3.63, 3.8) is 0 Å². The number of piperidine rings is 1. The van der Waals surface area contributed by atoms with Gasteiger partial charge in [-0.2, -0.15) is 0 Å². The first kappa shape index (κ1) is 14.2. The minimum Gasteiger partial charge on any atom is -0.295 e. The standard InChI is InChI=1S/C16H16FN3O3/c1-19-14-10(5-4-9(13(14)17)8-2-3-8)20(16(19)23)11-6-7-12(21)18-15(11)22/h4-5,8,11H,2-3,6-7H2,1H3,(H,18,21,22). The lowest BCUT2D eigenvalue weighted by molar-refractivity contribution is -0.135. The van der Waals surface area contributed by atoms with Gasteiger partial charge in [0, 0.05) is 13.5 Å². The number of benzene rings is 1. The van der Waals surface area contributed by atoms with Crippen molar-refractivity contribution >= 4 is 22.8 Å². The molecular formula is C16H16FN3O3. The first-order valence-electron chi connectivity index (χ1n) is 7.72. The van der Waals surface area contributed by atoms with E-state index in [1.54, 1.807) is 12.1 Å². The van der Waals surface area contributed by atoms with Crippen LogP contribution in [0.5, 0.6) is 0 Å². The summed E-state index contributed by atoms with van der Waals surface area (Å²) in [5.41, 5.74) is 0.813. The maximum atomic E-state index is 14.8. The van der Waals surface area contributed by atoms with Crippen LogP contribution in [0.15, 0.2) is 16.9 Å². The van der Waals surface area contributed by atoms with Gasteiger partial charge in [-0.1, -0.05) is 6.07 Å². The molecule has 1 aromatic carbocycles. The molecule has 1 unspecified atom stereocenters. The normalized spacial score (nSPS) is 21.7. The summed E-state index contributed by atoms with van der Waals surface area (Å²) in [6.45, 7) is 0. The zero-order valence-electron chi connectivity index (χ0n) is 12.6. The van der Waals surface area contributed by atoms with Crippen molar-refractivity contribution in [2.75, 3.05) is 0 Å². The Bertz CT molecular complexity index is 907. The molecule has 1 saturated carbocycles. The largest absolute Gasteiger partial charge is 0.329 e. The van der Waals surface area contributed by atoms with Crippen LogP contribution in [-0.2, 0) is 16.6 Å². The fourth-order valence-electron chi connectivity index (χ4n) is 3.38. The van der Waals surface area contributed by atoms with Gasteiger partial charge in [0.1, 0.15) is 11.6 Å². The van der Waals surface area contributed by atoms with Gasteiger partial charge >= 0.3 is 5.69 Å². The molecule has 7 heteroatoms. The van der Waals surface area contributed by atoms with Gasteiger partial charge in [0.15, 0.2) is 5.82 Å². The van der Waals surface area contributed by atoms with Crippen LogP contribution in [-0.4, -0.2) is 20.9 Å². The first-order chi connectivity index (χ1) is 11.0. The molecule has 1 saturated heterocycles. The SMILES string of the molecule is Cn1c(=O)n(C2CCC(=O)NC2=O)c2ccc(C3CC3)c(F)c21. The van der Waals surface area contributed by atoms with Crippen molar-refractivity contribution in [3.8, 4) is 0 Å². The highest BCUT2D eigenvalue weighted by Crippen LogP contribution is 2.42. The van der Waals surface area contributed by atoms with Crippen LogP contribution < -0.4 is 11.0 Å². The van der Waals surface area contributed by atoms with Crippen molar-refractivity contribution in [2.24, 2.45) is 7.05 Å². The van der Waals surface area contributed by atoms with Crippen LogP contribution in [0, 0.1) is 5.82 Å². The second-order valence-corrected chi connectivity index (χ2v) is 6.29. The van der Waals surface area contributed by atoms with Crippen LogP contribution in [0.2, 0.25) is 0 Å². The van der Waals surface area contributed by atoms with E-state index < -0.39 is 17.6 Å². The predicted octanol–water partition coefficient (Wildman–Crippen LogP) is 1.33. The number of imide groups is 1. The van der Waals surface area contributed by atoms with Crippen LogP contribution >= 0.6 is 0 Å². The third kappa shape index (κ3) is 2.03. The van der Waals surface area contributed by atoms with E-state index in [1.807, 2.05) is 0 Å². The molecule has 1 aliphatic heterocycles. The quantitative estimate of drug-likeness (QED) is 0.849. The van der Waals surface area contributed by atoms with Crippen LogP contribution in [0.4, 0.5) is 4.39 Å². The molecule has 1 N–H and O–H groups in total. The molecule has 2 heterocycles. The van der Waals surface area contributed by atoms with Crippen molar-refractivity contribution in [1.82, 2.24) is 14.5 Å². The Kier molecular flexibility index (Phi) is 2.94. The number of halogens is 1. The highest BCUT2D eigenvalue weighted by molar-refractivity contribution is 6.00. The number of hydrogen-bond donors (Lipinski definition) is 1. The van der Waals surface area contributed by atoms with Crippen molar-refractivity contribution in [3.05, 3.63) is 34.0 Å². The second-order valence-electron chi connectivity index (χ2n) is 6.29. The average Bonchev–Trinajstić information content (AvgIpc) is 3.30. The summed E-state index contributed by atoms with van der Waals surface area (Å²) in [5.74, 6) is -1.01. The molecule has 0 bridgehead atoms. The first-order valence-corrected chi connectivity index (χ1v) is 7.72. The Morgan fingerprint density at radius 2 is 1.91 bits per heavy atom. The number of aryl methyl sites for hydroxylation is 1. The Labute approximate surface area is 130 Å². The van der Waals surface area contributed by atoms with Crippen LogP contribution in [0.1, 0.15) is 43.2 Å². The zero-order chi connectivity index (χ0) is 16.3. The number of hydrogen-bond acceptors (Lipinski definition) is 3. The van der Waals surface area contributed by atoms with Gasteiger partial charge in [0.2, 0.25) is 11.8 Å². The molecule has 2 aliphatic rings. The van der Waals surface area contributed by atoms with Gasteiger partial charge in [-0.25, -0.2) is 9.18 Å². The molecule has 1 atom stereocenters. The lowest BCUT2D eigenvalue weighted by Crippen LogP contribution is -2.44. The van der Waals surface area contributed by atoms with Crippen molar-refractivity contribution in [1.29, 1.82) is 0 Å². The number of nitrogens with zero attached hydrogens (tertiary/aromatic N) is 2. The summed E-state index contributed by atoms with van der Waals surface area (Å²) in [6, 6.07) is 2.63. The fraction of sp³-hybridized carbons (Fsp3) is 0.438. The summed E-state index contributed by atoms with van der Waals surface area (Å²) in [7, 11) is 1.51. The molecule has 4 rings (SSSR count). The number of aromatic nitrogens is 2. The maximum absolute atomic E-state index is 14.8. The van der Waals surface area contributed by atoms with Crippen LogP contribution in [0.3, 0.4) is 0 Å². The zero-order valence-corrected chi connectivity index (χ0v) is 12.6. The molecule has 2 fully saturated rings. The Morgan fingerprint density at radius 3 is 2.57 bits per heavy atom. The topological polar surface area (TPSA) is 73.1 Å². The van der Waals surface area contributed by atoms with Gasteiger partial charge in [-0.15, -0.1) is 0 Å². The second kappa shape index (κ2) is 4.78. The monoisotopic (exact) mass is 317 g/mol. The Balaban J connectivity index is 1.92. The predicted molar refractivity (Wildman–Crippen MR) is 80.5 cm³/mol. The van der Waals surface area contributed by atoms with E-state index in [1.165, 1.54) is 16.2 Å². The summed E-state index contributed by atoms with van der Waals surface area (Å²) in [4.78, 5) is 35.9. The molecule has 23 heavy (non-hydrogen) atoms. The average molecular weight is 317 g/mol.